The van der Waals surface area contributed by atoms with Gasteiger partial charge in [0.1, 0.15) is 5.69 Å². The maximum Gasteiger partial charge on any atom is 0.194 e. The standard InChI is InChI=1S/C10H10N2O/c1-3-4-5-10(13)9-7-11-8(2)6-12-9/h6-7H,5H2,1-2H3. The summed E-state index contributed by atoms with van der Waals surface area (Å²) < 4.78 is 0. The topological polar surface area (TPSA) is 42.9 Å². The molecular weight excluding hydrogens is 164 g/mol. The van der Waals surface area contributed by atoms with Gasteiger partial charge in [0, 0.05) is 6.20 Å². The van der Waals surface area contributed by atoms with E-state index in [1.165, 1.54) is 6.20 Å². The molecule has 0 aliphatic rings. The van der Waals surface area contributed by atoms with Gasteiger partial charge in [-0.25, -0.2) is 4.98 Å². The molecule has 1 heterocycles. The van der Waals surface area contributed by atoms with E-state index < -0.39 is 0 Å². The molecule has 0 amide bonds. The van der Waals surface area contributed by atoms with Gasteiger partial charge in [-0.15, -0.1) is 5.92 Å². The van der Waals surface area contributed by atoms with Crippen LogP contribution in [0.5, 0.6) is 0 Å². The fourth-order valence-corrected chi connectivity index (χ4v) is 0.796. The molecule has 0 radical (unpaired) electrons. The molecule has 0 bridgehead atoms. The number of aryl methyl sites for hydroxylation is 1. The molecule has 1 aromatic heterocycles. The lowest BCUT2D eigenvalue weighted by atomic mass is 10.2. The van der Waals surface area contributed by atoms with Gasteiger partial charge in [-0.3, -0.25) is 9.78 Å². The lowest BCUT2D eigenvalue weighted by Crippen LogP contribution is -2.01. The van der Waals surface area contributed by atoms with Gasteiger partial charge in [-0.05, 0) is 13.8 Å². The van der Waals surface area contributed by atoms with Gasteiger partial charge < -0.3 is 0 Å². The van der Waals surface area contributed by atoms with Crippen molar-refractivity contribution in [2.75, 3.05) is 0 Å². The molecule has 0 N–H and O–H groups in total. The second kappa shape index (κ2) is 4.36. The van der Waals surface area contributed by atoms with Gasteiger partial charge >= 0.3 is 0 Å². The molecular formula is C10H10N2O. The monoisotopic (exact) mass is 174 g/mol. The zero-order chi connectivity index (χ0) is 9.68. The van der Waals surface area contributed by atoms with Crippen LogP contribution in [0.1, 0.15) is 29.5 Å². The lowest BCUT2D eigenvalue weighted by Gasteiger charge is -1.95. The molecule has 66 valence electrons. The van der Waals surface area contributed by atoms with Crippen molar-refractivity contribution in [3.63, 3.8) is 0 Å². The third-order valence-electron chi connectivity index (χ3n) is 1.49. The van der Waals surface area contributed by atoms with Crippen molar-refractivity contribution in [2.24, 2.45) is 0 Å². The van der Waals surface area contributed by atoms with E-state index in [9.17, 15) is 4.79 Å². The van der Waals surface area contributed by atoms with Gasteiger partial charge in [0.25, 0.3) is 0 Å². The molecule has 1 aromatic rings. The largest absolute Gasteiger partial charge is 0.291 e. The summed E-state index contributed by atoms with van der Waals surface area (Å²) in [5.74, 6) is 5.27. The molecule has 0 aliphatic heterocycles. The van der Waals surface area contributed by atoms with E-state index in [0.717, 1.165) is 5.69 Å². The molecule has 0 aliphatic carbocycles. The molecule has 3 heteroatoms. The fraction of sp³-hybridized carbons (Fsp3) is 0.300. The molecule has 0 aromatic carbocycles. The van der Waals surface area contributed by atoms with Crippen LogP contribution in [-0.2, 0) is 0 Å². The second-order valence-electron chi connectivity index (χ2n) is 2.57. The van der Waals surface area contributed by atoms with Gasteiger partial charge in [0.15, 0.2) is 5.78 Å². The van der Waals surface area contributed by atoms with Crippen LogP contribution in [0, 0.1) is 18.8 Å². The predicted octanol–water partition coefficient (Wildman–Crippen LogP) is 1.38. The van der Waals surface area contributed by atoms with Gasteiger partial charge in [0.05, 0.1) is 18.3 Å². The average Bonchev–Trinajstić information content (AvgIpc) is 2.15. The zero-order valence-electron chi connectivity index (χ0n) is 7.66. The average molecular weight is 174 g/mol. The number of Topliss-reactive ketones (excluding diaryl/α,β-unsaturated/α-hetero) is 1. The first-order valence-electron chi connectivity index (χ1n) is 3.95. The third-order valence-corrected chi connectivity index (χ3v) is 1.49. The van der Waals surface area contributed by atoms with Crippen LogP contribution in [-0.4, -0.2) is 15.8 Å². The van der Waals surface area contributed by atoms with Crippen molar-refractivity contribution in [3.8, 4) is 11.8 Å². The van der Waals surface area contributed by atoms with Crippen molar-refractivity contribution in [2.45, 2.75) is 20.3 Å². The molecule has 0 spiro atoms. The van der Waals surface area contributed by atoms with Crippen LogP contribution in [0.3, 0.4) is 0 Å². The Morgan fingerprint density at radius 1 is 1.46 bits per heavy atom. The number of carbonyl (C=O) groups is 1. The van der Waals surface area contributed by atoms with E-state index in [1.807, 2.05) is 6.92 Å². The SMILES string of the molecule is CC#CCC(=O)c1cnc(C)cn1. The molecule has 0 saturated heterocycles. The van der Waals surface area contributed by atoms with E-state index in [-0.39, 0.29) is 12.2 Å². The minimum atomic E-state index is -0.0816. The number of carbonyl (C=O) groups excluding carboxylic acids is 1. The summed E-state index contributed by atoms with van der Waals surface area (Å²) in [6, 6.07) is 0. The minimum absolute atomic E-state index is 0.0816. The first-order valence-corrected chi connectivity index (χ1v) is 3.95. The summed E-state index contributed by atoms with van der Waals surface area (Å²) in [5.41, 5.74) is 1.19. The van der Waals surface area contributed by atoms with E-state index in [4.69, 9.17) is 0 Å². The number of nitrogens with zero attached hydrogens (tertiary/aromatic N) is 2. The molecule has 0 atom stereocenters. The van der Waals surface area contributed by atoms with Crippen molar-refractivity contribution < 1.29 is 4.79 Å². The molecule has 0 unspecified atom stereocenters. The molecule has 1 rings (SSSR count). The predicted molar refractivity (Wildman–Crippen MR) is 49.2 cm³/mol. The highest BCUT2D eigenvalue weighted by atomic mass is 16.1. The Labute approximate surface area is 77.2 Å². The smallest absolute Gasteiger partial charge is 0.194 e. The van der Waals surface area contributed by atoms with E-state index in [2.05, 4.69) is 21.8 Å². The Morgan fingerprint density at radius 2 is 2.23 bits per heavy atom. The van der Waals surface area contributed by atoms with Gasteiger partial charge in [0.2, 0.25) is 0 Å². The summed E-state index contributed by atoms with van der Waals surface area (Å²) in [6.07, 6.45) is 3.27. The maximum atomic E-state index is 11.3. The first-order chi connectivity index (χ1) is 6.24. The Kier molecular flexibility index (Phi) is 3.15. The minimum Gasteiger partial charge on any atom is -0.291 e. The van der Waals surface area contributed by atoms with E-state index in [0.29, 0.717) is 5.69 Å². The van der Waals surface area contributed by atoms with Crippen LogP contribution in [0.15, 0.2) is 12.4 Å². The fourth-order valence-electron chi connectivity index (χ4n) is 0.796. The Balaban J connectivity index is 2.76. The third kappa shape index (κ3) is 2.68. The maximum absolute atomic E-state index is 11.3. The zero-order valence-corrected chi connectivity index (χ0v) is 7.66. The molecule has 3 nitrogen and oxygen atoms in total. The Hall–Kier alpha value is -1.69. The van der Waals surface area contributed by atoms with Crippen LogP contribution in [0.2, 0.25) is 0 Å². The van der Waals surface area contributed by atoms with Crippen molar-refractivity contribution in [3.05, 3.63) is 23.8 Å². The number of hydrogen-bond acceptors (Lipinski definition) is 3. The summed E-state index contributed by atoms with van der Waals surface area (Å²) in [5, 5.41) is 0. The summed E-state index contributed by atoms with van der Waals surface area (Å²) >= 11 is 0. The van der Waals surface area contributed by atoms with Gasteiger partial charge in [-0.2, -0.15) is 0 Å². The highest BCUT2D eigenvalue weighted by Crippen LogP contribution is 1.97. The molecule has 13 heavy (non-hydrogen) atoms. The lowest BCUT2D eigenvalue weighted by molar-refractivity contribution is 0.0993. The van der Waals surface area contributed by atoms with Crippen LogP contribution in [0.4, 0.5) is 0 Å². The Bertz CT molecular complexity index is 357. The van der Waals surface area contributed by atoms with Crippen molar-refractivity contribution in [1.82, 2.24) is 9.97 Å². The number of hydrogen-bond donors (Lipinski definition) is 0. The van der Waals surface area contributed by atoms with E-state index >= 15 is 0 Å². The summed E-state index contributed by atoms with van der Waals surface area (Å²) in [6.45, 7) is 3.53. The highest BCUT2D eigenvalue weighted by Gasteiger charge is 2.04. The van der Waals surface area contributed by atoms with Crippen LogP contribution < -0.4 is 0 Å². The van der Waals surface area contributed by atoms with Crippen LogP contribution in [0.25, 0.3) is 0 Å². The number of rotatable bonds is 2. The van der Waals surface area contributed by atoms with Crippen LogP contribution >= 0.6 is 0 Å². The van der Waals surface area contributed by atoms with Crippen molar-refractivity contribution in [1.29, 1.82) is 0 Å². The quantitative estimate of drug-likeness (QED) is 0.502. The summed E-state index contributed by atoms with van der Waals surface area (Å²) in [4.78, 5) is 19.2. The van der Waals surface area contributed by atoms with Gasteiger partial charge in [-0.1, -0.05) is 5.92 Å². The first kappa shape index (κ1) is 9.40. The van der Waals surface area contributed by atoms with Crippen molar-refractivity contribution >= 4 is 5.78 Å². The summed E-state index contributed by atoms with van der Waals surface area (Å²) in [7, 11) is 0. The highest BCUT2D eigenvalue weighted by molar-refractivity contribution is 5.95. The molecule has 0 fully saturated rings. The normalized spacial score (nSPS) is 8.77. The number of aromatic nitrogens is 2. The number of ketones is 1. The Morgan fingerprint density at radius 3 is 2.77 bits per heavy atom. The van der Waals surface area contributed by atoms with E-state index in [1.54, 1.807) is 13.1 Å². The molecule has 0 saturated carbocycles. The second-order valence-corrected chi connectivity index (χ2v) is 2.57.